The predicted octanol–water partition coefficient (Wildman–Crippen LogP) is 2.46. The van der Waals surface area contributed by atoms with E-state index in [1.165, 1.54) is 0 Å². The molecule has 1 aliphatic heterocycles. The number of carbonyl (C=O) groups excluding carboxylic acids is 1. The number of carbonyl (C=O) groups is 1. The van der Waals surface area contributed by atoms with Crippen LogP contribution in [-0.2, 0) is 4.79 Å². The van der Waals surface area contributed by atoms with E-state index in [0.29, 0.717) is 24.1 Å². The van der Waals surface area contributed by atoms with Crippen LogP contribution in [0.4, 0.5) is 17.5 Å². The summed E-state index contributed by atoms with van der Waals surface area (Å²) in [6.07, 6.45) is 0.891. The van der Waals surface area contributed by atoms with Gasteiger partial charge in [-0.25, -0.2) is 4.98 Å². The summed E-state index contributed by atoms with van der Waals surface area (Å²) in [6, 6.07) is 9.37. The smallest absolute Gasteiger partial charge is 0.227 e. The molecule has 0 bridgehead atoms. The van der Waals surface area contributed by atoms with Gasteiger partial charge in [0.1, 0.15) is 5.82 Å². The van der Waals surface area contributed by atoms with Gasteiger partial charge >= 0.3 is 0 Å². The number of aromatic nitrogens is 2. The zero-order chi connectivity index (χ0) is 16.2. The van der Waals surface area contributed by atoms with Crippen LogP contribution in [0.3, 0.4) is 0 Å². The molecule has 0 radical (unpaired) electrons. The van der Waals surface area contributed by atoms with Crippen LogP contribution in [0.15, 0.2) is 30.3 Å². The van der Waals surface area contributed by atoms with Crippen molar-refractivity contribution in [3.8, 4) is 0 Å². The third-order valence-corrected chi connectivity index (χ3v) is 3.96. The standard InChI is InChI=1S/C16H18ClN5O/c1-12-10-15(19-14-4-2-13(17)3-5-14)20-16(18-12)22-8-6-21(11-23)7-9-22/h2-5,10-11H,6-9H2,1H3,(H,18,19,20). The molecule has 2 aromatic rings. The molecule has 7 heteroatoms. The normalized spacial score (nSPS) is 14.7. The van der Waals surface area contributed by atoms with Crippen molar-refractivity contribution in [2.75, 3.05) is 36.4 Å². The minimum absolute atomic E-state index is 0.687. The molecule has 1 aromatic carbocycles. The number of hydrogen-bond donors (Lipinski definition) is 1. The first-order chi connectivity index (χ1) is 11.1. The van der Waals surface area contributed by atoms with E-state index in [1.54, 1.807) is 4.90 Å². The summed E-state index contributed by atoms with van der Waals surface area (Å²) in [5.41, 5.74) is 1.81. The van der Waals surface area contributed by atoms with Crippen molar-refractivity contribution in [2.24, 2.45) is 0 Å². The molecule has 1 N–H and O–H groups in total. The van der Waals surface area contributed by atoms with E-state index < -0.39 is 0 Å². The van der Waals surface area contributed by atoms with Gasteiger partial charge in [0.25, 0.3) is 0 Å². The van der Waals surface area contributed by atoms with Gasteiger partial charge < -0.3 is 15.1 Å². The van der Waals surface area contributed by atoms with Gasteiger partial charge in [0.15, 0.2) is 0 Å². The Morgan fingerprint density at radius 3 is 2.48 bits per heavy atom. The number of halogens is 1. The zero-order valence-corrected chi connectivity index (χ0v) is 13.6. The van der Waals surface area contributed by atoms with Crippen molar-refractivity contribution in [3.05, 3.63) is 41.0 Å². The van der Waals surface area contributed by atoms with Crippen LogP contribution in [0.1, 0.15) is 5.69 Å². The monoisotopic (exact) mass is 331 g/mol. The molecule has 1 saturated heterocycles. The van der Waals surface area contributed by atoms with Gasteiger partial charge in [-0.2, -0.15) is 4.98 Å². The lowest BCUT2D eigenvalue weighted by atomic mass is 10.3. The minimum Gasteiger partial charge on any atom is -0.342 e. The number of aryl methyl sites for hydroxylation is 1. The van der Waals surface area contributed by atoms with Crippen LogP contribution in [0.25, 0.3) is 0 Å². The largest absolute Gasteiger partial charge is 0.342 e. The number of amides is 1. The summed E-state index contributed by atoms with van der Waals surface area (Å²) in [4.78, 5) is 23.8. The summed E-state index contributed by atoms with van der Waals surface area (Å²) in [5, 5.41) is 3.97. The van der Waals surface area contributed by atoms with E-state index in [2.05, 4.69) is 20.2 Å². The molecule has 1 amide bonds. The summed E-state index contributed by atoms with van der Waals surface area (Å²) in [6.45, 7) is 4.81. The van der Waals surface area contributed by atoms with Crippen LogP contribution in [0.5, 0.6) is 0 Å². The molecule has 2 heterocycles. The first kappa shape index (κ1) is 15.6. The highest BCUT2D eigenvalue weighted by atomic mass is 35.5. The van der Waals surface area contributed by atoms with Gasteiger partial charge in [-0.15, -0.1) is 0 Å². The summed E-state index contributed by atoms with van der Waals surface area (Å²) in [5.74, 6) is 1.43. The highest BCUT2D eigenvalue weighted by molar-refractivity contribution is 6.30. The van der Waals surface area contributed by atoms with E-state index in [0.717, 1.165) is 36.7 Å². The average Bonchev–Trinajstić information content (AvgIpc) is 2.56. The second-order valence-electron chi connectivity index (χ2n) is 5.45. The second-order valence-corrected chi connectivity index (χ2v) is 5.89. The van der Waals surface area contributed by atoms with Gasteiger partial charge in [-0.05, 0) is 31.2 Å². The van der Waals surface area contributed by atoms with E-state index in [4.69, 9.17) is 11.6 Å². The van der Waals surface area contributed by atoms with Crippen molar-refractivity contribution in [2.45, 2.75) is 6.92 Å². The lowest BCUT2D eigenvalue weighted by Crippen LogP contribution is -2.46. The molecule has 0 saturated carbocycles. The summed E-state index contributed by atoms with van der Waals surface area (Å²) in [7, 11) is 0. The lowest BCUT2D eigenvalue weighted by molar-refractivity contribution is -0.118. The van der Waals surface area contributed by atoms with Crippen LogP contribution in [0, 0.1) is 6.92 Å². The molecule has 6 nitrogen and oxygen atoms in total. The lowest BCUT2D eigenvalue weighted by Gasteiger charge is -2.32. The molecule has 3 rings (SSSR count). The number of benzene rings is 1. The molecule has 23 heavy (non-hydrogen) atoms. The SMILES string of the molecule is Cc1cc(Nc2ccc(Cl)cc2)nc(N2CCN(C=O)CC2)n1. The molecular formula is C16H18ClN5O. The highest BCUT2D eigenvalue weighted by Gasteiger charge is 2.18. The van der Waals surface area contributed by atoms with Crippen molar-refractivity contribution < 1.29 is 4.79 Å². The molecule has 0 spiro atoms. The molecule has 0 atom stereocenters. The van der Waals surface area contributed by atoms with E-state index in [1.807, 2.05) is 37.3 Å². The molecule has 1 fully saturated rings. The maximum absolute atomic E-state index is 10.8. The number of hydrogen-bond acceptors (Lipinski definition) is 5. The van der Waals surface area contributed by atoms with Gasteiger partial charge in [-0.3, -0.25) is 4.79 Å². The maximum atomic E-state index is 10.8. The number of nitrogens with one attached hydrogen (secondary N) is 1. The Balaban J connectivity index is 1.76. The van der Waals surface area contributed by atoms with Crippen molar-refractivity contribution in [3.63, 3.8) is 0 Å². The molecule has 1 aromatic heterocycles. The van der Waals surface area contributed by atoms with E-state index in [-0.39, 0.29) is 0 Å². The quantitative estimate of drug-likeness (QED) is 0.872. The van der Waals surface area contributed by atoms with Crippen molar-refractivity contribution >= 4 is 35.5 Å². The topological polar surface area (TPSA) is 61.4 Å². The van der Waals surface area contributed by atoms with Crippen LogP contribution >= 0.6 is 11.6 Å². The predicted molar refractivity (Wildman–Crippen MR) is 91.4 cm³/mol. The Kier molecular flexibility index (Phi) is 4.62. The van der Waals surface area contributed by atoms with Gasteiger partial charge in [0.05, 0.1) is 0 Å². The third-order valence-electron chi connectivity index (χ3n) is 3.71. The molecule has 120 valence electrons. The Bertz CT molecular complexity index is 683. The maximum Gasteiger partial charge on any atom is 0.227 e. The second kappa shape index (κ2) is 6.83. The van der Waals surface area contributed by atoms with Gasteiger partial charge in [0, 0.05) is 48.6 Å². The molecule has 0 aliphatic carbocycles. The molecule has 1 aliphatic rings. The Labute approximate surface area is 140 Å². The Morgan fingerprint density at radius 1 is 1.13 bits per heavy atom. The van der Waals surface area contributed by atoms with Crippen LogP contribution in [-0.4, -0.2) is 47.5 Å². The fourth-order valence-corrected chi connectivity index (χ4v) is 2.59. The molecular weight excluding hydrogens is 314 g/mol. The van der Waals surface area contributed by atoms with E-state index in [9.17, 15) is 4.79 Å². The zero-order valence-electron chi connectivity index (χ0n) is 12.9. The van der Waals surface area contributed by atoms with Crippen molar-refractivity contribution in [1.29, 1.82) is 0 Å². The molecule has 0 unspecified atom stereocenters. The Hall–Kier alpha value is -2.34. The minimum atomic E-state index is 0.687. The fraction of sp³-hybridized carbons (Fsp3) is 0.312. The fourth-order valence-electron chi connectivity index (χ4n) is 2.47. The van der Waals surface area contributed by atoms with Gasteiger partial charge in [-0.1, -0.05) is 11.6 Å². The van der Waals surface area contributed by atoms with E-state index >= 15 is 0 Å². The first-order valence-electron chi connectivity index (χ1n) is 7.46. The Morgan fingerprint density at radius 2 is 1.83 bits per heavy atom. The van der Waals surface area contributed by atoms with Crippen molar-refractivity contribution in [1.82, 2.24) is 14.9 Å². The summed E-state index contributed by atoms with van der Waals surface area (Å²) < 4.78 is 0. The highest BCUT2D eigenvalue weighted by Crippen LogP contribution is 2.20. The van der Waals surface area contributed by atoms with Crippen LogP contribution < -0.4 is 10.2 Å². The number of nitrogens with zero attached hydrogens (tertiary/aromatic N) is 4. The van der Waals surface area contributed by atoms with Gasteiger partial charge in [0.2, 0.25) is 12.4 Å². The third kappa shape index (κ3) is 3.90. The van der Waals surface area contributed by atoms with Crippen LogP contribution in [0.2, 0.25) is 5.02 Å². The summed E-state index contributed by atoms with van der Waals surface area (Å²) >= 11 is 5.90. The number of rotatable bonds is 4. The first-order valence-corrected chi connectivity index (χ1v) is 7.84. The number of piperazine rings is 1. The number of anilines is 3. The average molecular weight is 332 g/mol.